The number of amides is 2. The number of nitrogens with one attached hydrogen (secondary N) is 1. The number of rotatable bonds is 4. The van der Waals surface area contributed by atoms with Gasteiger partial charge in [0.2, 0.25) is 11.8 Å². The van der Waals surface area contributed by atoms with Gasteiger partial charge in [-0.2, -0.15) is 0 Å². The van der Waals surface area contributed by atoms with Gasteiger partial charge in [-0.05, 0) is 24.6 Å². The van der Waals surface area contributed by atoms with Crippen molar-refractivity contribution in [2.75, 3.05) is 5.32 Å². The lowest BCUT2D eigenvalue weighted by molar-refractivity contribution is -0.130. The lowest BCUT2D eigenvalue weighted by Crippen LogP contribution is -2.26. The van der Waals surface area contributed by atoms with Gasteiger partial charge in [-0.15, -0.1) is 0 Å². The predicted octanol–water partition coefficient (Wildman–Crippen LogP) is 0.996. The van der Waals surface area contributed by atoms with E-state index in [1.165, 1.54) is 29.0 Å². The lowest BCUT2D eigenvalue weighted by atomic mass is 10.0. The van der Waals surface area contributed by atoms with Crippen LogP contribution in [0.4, 0.5) is 10.1 Å². The number of hydrogen-bond donors (Lipinski definition) is 2. The molecule has 26 heavy (non-hydrogen) atoms. The summed E-state index contributed by atoms with van der Waals surface area (Å²) in [5.74, 6) is -4.10. The highest BCUT2D eigenvalue weighted by Crippen LogP contribution is 2.29. The number of carbonyl (C=O) groups excluding carboxylic acids is 3. The Hall–Kier alpha value is -3.29. The number of anilines is 1. The fourth-order valence-electron chi connectivity index (χ4n) is 2.99. The largest absolute Gasteiger partial charge is 0.369 e. The van der Waals surface area contributed by atoms with Crippen LogP contribution in [0.15, 0.2) is 47.4 Å². The smallest absolute Gasteiger partial charge is 0.255 e. The van der Waals surface area contributed by atoms with E-state index in [2.05, 4.69) is 5.32 Å². The monoisotopic (exact) mass is 357 g/mol. The number of hydrogen-bond acceptors (Lipinski definition) is 4. The summed E-state index contributed by atoms with van der Waals surface area (Å²) >= 11 is 0. The van der Waals surface area contributed by atoms with E-state index >= 15 is 0 Å². The minimum absolute atomic E-state index is 0.0269. The maximum atomic E-state index is 14.3. The molecular weight excluding hydrogens is 341 g/mol. The van der Waals surface area contributed by atoms with Crippen LogP contribution in [0.25, 0.3) is 5.69 Å². The topological polar surface area (TPSA) is 111 Å². The average Bonchev–Trinajstić information content (AvgIpc) is 2.99. The quantitative estimate of drug-likeness (QED) is 0.795. The molecule has 1 saturated carbocycles. The van der Waals surface area contributed by atoms with Gasteiger partial charge >= 0.3 is 0 Å². The first kappa shape index (κ1) is 17.5. The average molecular weight is 357 g/mol. The van der Waals surface area contributed by atoms with Crippen LogP contribution in [0, 0.1) is 17.7 Å². The van der Waals surface area contributed by atoms with Gasteiger partial charge in [0.1, 0.15) is 11.6 Å². The number of primary amides is 1. The third kappa shape index (κ3) is 3.39. The summed E-state index contributed by atoms with van der Waals surface area (Å²) in [5.41, 5.74) is 5.06. The van der Waals surface area contributed by atoms with Crippen molar-refractivity contribution in [3.8, 4) is 5.69 Å². The molecular formula is C18H16FN3O4. The van der Waals surface area contributed by atoms with Crippen LogP contribution in [0.3, 0.4) is 0 Å². The van der Waals surface area contributed by atoms with Gasteiger partial charge in [0.15, 0.2) is 0 Å². The predicted molar refractivity (Wildman–Crippen MR) is 91.0 cm³/mol. The van der Waals surface area contributed by atoms with E-state index in [1.54, 1.807) is 12.1 Å². The molecule has 1 aliphatic carbocycles. The maximum absolute atomic E-state index is 14.3. The second-order valence-corrected chi connectivity index (χ2v) is 6.12. The van der Waals surface area contributed by atoms with E-state index in [4.69, 9.17) is 5.73 Å². The summed E-state index contributed by atoms with van der Waals surface area (Å²) in [7, 11) is 0. The second kappa shape index (κ2) is 6.91. The van der Waals surface area contributed by atoms with Crippen LogP contribution in [-0.4, -0.2) is 22.2 Å². The summed E-state index contributed by atoms with van der Waals surface area (Å²) in [6, 6.07) is 8.52. The first-order chi connectivity index (χ1) is 12.4. The molecule has 1 aromatic heterocycles. The molecule has 7 nitrogen and oxygen atoms in total. The maximum Gasteiger partial charge on any atom is 0.255 e. The SMILES string of the molecule is NC(=O)[C@H]1C[C@@H](C(=O)Nc2ccc(-n3ccccc3=O)cc2F)CC1=O. The lowest BCUT2D eigenvalue weighted by Gasteiger charge is -2.12. The molecule has 2 aromatic rings. The molecule has 0 bridgehead atoms. The van der Waals surface area contributed by atoms with Gasteiger partial charge in [0.25, 0.3) is 5.56 Å². The van der Waals surface area contributed by atoms with E-state index in [1.807, 2.05) is 0 Å². The number of Topliss-reactive ketones (excluding diaryl/α,β-unsaturated/α-hetero) is 1. The van der Waals surface area contributed by atoms with Crippen molar-refractivity contribution in [1.82, 2.24) is 4.57 Å². The molecule has 0 radical (unpaired) electrons. The minimum Gasteiger partial charge on any atom is -0.369 e. The molecule has 1 fully saturated rings. The van der Waals surface area contributed by atoms with Gasteiger partial charge in [0.05, 0.1) is 17.3 Å². The standard InChI is InChI=1S/C18H16FN3O4/c19-13-9-11(22-6-2-1-3-16(22)24)4-5-14(13)21-18(26)10-7-12(17(20)25)15(23)8-10/h1-6,9-10,12H,7-8H2,(H2,20,25)(H,21,26)/t10-,12+/m1/s1. The van der Waals surface area contributed by atoms with Crippen LogP contribution in [0.1, 0.15) is 12.8 Å². The van der Waals surface area contributed by atoms with Crippen molar-refractivity contribution in [3.63, 3.8) is 0 Å². The second-order valence-electron chi connectivity index (χ2n) is 6.12. The Bertz CT molecular complexity index is 953. The zero-order valence-electron chi connectivity index (χ0n) is 13.6. The van der Waals surface area contributed by atoms with Crippen LogP contribution in [0.5, 0.6) is 0 Å². The van der Waals surface area contributed by atoms with Gasteiger partial charge < -0.3 is 11.1 Å². The fraction of sp³-hybridized carbons (Fsp3) is 0.222. The summed E-state index contributed by atoms with van der Waals surface area (Å²) in [6.07, 6.45) is 1.43. The summed E-state index contributed by atoms with van der Waals surface area (Å²) in [4.78, 5) is 46.9. The third-order valence-electron chi connectivity index (χ3n) is 4.38. The van der Waals surface area contributed by atoms with Crippen LogP contribution in [0.2, 0.25) is 0 Å². The van der Waals surface area contributed by atoms with E-state index in [0.717, 1.165) is 6.07 Å². The molecule has 0 saturated heterocycles. The molecule has 0 spiro atoms. The Morgan fingerprint density at radius 2 is 1.96 bits per heavy atom. The highest BCUT2D eigenvalue weighted by atomic mass is 19.1. The molecule has 0 aliphatic heterocycles. The van der Waals surface area contributed by atoms with Gasteiger partial charge in [-0.1, -0.05) is 6.07 Å². The highest BCUT2D eigenvalue weighted by molar-refractivity contribution is 6.06. The first-order valence-electron chi connectivity index (χ1n) is 7.97. The molecule has 0 unspecified atom stereocenters. The van der Waals surface area contributed by atoms with Crippen LogP contribution < -0.4 is 16.6 Å². The minimum atomic E-state index is -0.970. The summed E-state index contributed by atoms with van der Waals surface area (Å²) < 4.78 is 15.6. The van der Waals surface area contributed by atoms with Crippen molar-refractivity contribution < 1.29 is 18.8 Å². The number of nitrogens with two attached hydrogens (primary N) is 1. The molecule has 2 amide bonds. The van der Waals surface area contributed by atoms with Gasteiger partial charge in [-0.25, -0.2) is 4.39 Å². The Labute approximate surface area is 147 Å². The Kier molecular flexibility index (Phi) is 4.66. The normalized spacial score (nSPS) is 19.3. The molecule has 1 heterocycles. The number of pyridine rings is 1. The van der Waals surface area contributed by atoms with Crippen LogP contribution in [-0.2, 0) is 14.4 Å². The van der Waals surface area contributed by atoms with Gasteiger partial charge in [-0.3, -0.25) is 23.7 Å². The van der Waals surface area contributed by atoms with Crippen molar-refractivity contribution in [2.45, 2.75) is 12.8 Å². The van der Waals surface area contributed by atoms with Crippen molar-refractivity contribution >= 4 is 23.3 Å². The fourth-order valence-corrected chi connectivity index (χ4v) is 2.99. The Morgan fingerprint density at radius 3 is 2.58 bits per heavy atom. The number of benzene rings is 1. The van der Waals surface area contributed by atoms with Crippen molar-refractivity contribution in [1.29, 1.82) is 0 Å². The number of aromatic nitrogens is 1. The van der Waals surface area contributed by atoms with E-state index in [-0.39, 0.29) is 29.9 Å². The summed E-state index contributed by atoms with van der Waals surface area (Å²) in [5, 5.41) is 2.42. The van der Waals surface area contributed by atoms with E-state index in [9.17, 15) is 23.6 Å². The van der Waals surface area contributed by atoms with Gasteiger partial charge in [0, 0.05) is 30.7 Å². The Balaban J connectivity index is 1.76. The Morgan fingerprint density at radius 1 is 1.19 bits per heavy atom. The van der Waals surface area contributed by atoms with Crippen molar-refractivity contribution in [2.24, 2.45) is 17.6 Å². The first-order valence-corrected chi connectivity index (χ1v) is 7.97. The van der Waals surface area contributed by atoms with E-state index < -0.39 is 29.5 Å². The number of nitrogens with zero attached hydrogens (tertiary/aromatic N) is 1. The number of halogens is 1. The molecule has 2 atom stereocenters. The molecule has 1 aromatic carbocycles. The number of carbonyl (C=O) groups is 3. The molecule has 8 heteroatoms. The third-order valence-corrected chi connectivity index (χ3v) is 4.38. The number of ketones is 1. The van der Waals surface area contributed by atoms with Crippen LogP contribution >= 0.6 is 0 Å². The molecule has 3 rings (SSSR count). The molecule has 3 N–H and O–H groups in total. The summed E-state index contributed by atoms with van der Waals surface area (Å²) in [6.45, 7) is 0. The molecule has 1 aliphatic rings. The zero-order valence-corrected chi connectivity index (χ0v) is 13.6. The molecule has 134 valence electrons. The van der Waals surface area contributed by atoms with Crippen molar-refractivity contribution in [3.05, 3.63) is 58.8 Å². The highest BCUT2D eigenvalue weighted by Gasteiger charge is 2.39. The van der Waals surface area contributed by atoms with E-state index in [0.29, 0.717) is 5.69 Å². The zero-order chi connectivity index (χ0) is 18.8.